The van der Waals surface area contributed by atoms with Crippen molar-refractivity contribution in [3.05, 3.63) is 269 Å². The molecule has 12 aromatic rings. The molecule has 0 aliphatic heterocycles. The topological polar surface area (TPSA) is 248 Å². The van der Waals surface area contributed by atoms with Crippen LogP contribution in [0.25, 0.3) is 34.2 Å². The summed E-state index contributed by atoms with van der Waals surface area (Å²) in [6.07, 6.45) is 26.3. The summed E-state index contributed by atoms with van der Waals surface area (Å²) < 4.78 is 19.9. The molecule has 6 bridgehead atoms. The van der Waals surface area contributed by atoms with E-state index >= 15 is 0 Å². The number of nitrogens with zero attached hydrogens (tertiary/aromatic N) is 15. The minimum absolute atomic E-state index is 0. The van der Waals surface area contributed by atoms with E-state index in [1.807, 2.05) is 59.3 Å². The van der Waals surface area contributed by atoms with Crippen LogP contribution in [0.2, 0.25) is 0 Å². The van der Waals surface area contributed by atoms with Crippen molar-refractivity contribution in [2.45, 2.75) is 152 Å². The number of likely N-dealkylation sites (N-methyl/N-ethyl adjacent to an activating group) is 1. The van der Waals surface area contributed by atoms with E-state index in [2.05, 4.69) is 226 Å². The zero-order chi connectivity index (χ0) is 72.0. The van der Waals surface area contributed by atoms with Crippen LogP contribution in [-0.4, -0.2) is 102 Å². The number of aromatic amines is 1. The number of tetrazole rings is 3. The summed E-state index contributed by atoms with van der Waals surface area (Å²) in [4.78, 5) is 17.0. The van der Waals surface area contributed by atoms with Crippen LogP contribution < -0.4 is 20.4 Å². The Hall–Kier alpha value is -10.1. The molecule has 0 amide bonds. The molecule has 6 aromatic heterocycles. The summed E-state index contributed by atoms with van der Waals surface area (Å²) in [5.74, 6) is 10.0. The van der Waals surface area contributed by atoms with Gasteiger partial charge in [-0.3, -0.25) is 15.0 Å². The highest BCUT2D eigenvalue weighted by molar-refractivity contribution is 5.85. The van der Waals surface area contributed by atoms with Gasteiger partial charge in [0, 0.05) is 58.1 Å². The Morgan fingerprint density at radius 1 is 0.436 bits per heavy atom. The molecule has 9 atom stereocenters. The van der Waals surface area contributed by atoms with Crippen molar-refractivity contribution >= 4 is 24.8 Å². The number of fused-ring (bicyclic) bond motifs is 6. The molecule has 6 heterocycles. The number of rotatable bonds is 23. The molecule has 0 saturated heterocycles. The average Bonchev–Trinajstić information content (AvgIpc) is 1.56. The molecule has 7 aliphatic rings. The lowest BCUT2D eigenvalue weighted by Gasteiger charge is -2.39. The highest BCUT2D eigenvalue weighted by atomic mass is 35.5. The molecule has 22 heteroatoms. The van der Waals surface area contributed by atoms with Gasteiger partial charge in [-0.1, -0.05) is 159 Å². The molecule has 5 N–H and O–H groups in total. The fourth-order valence-electron chi connectivity index (χ4n) is 19.8. The molecular formula is C88H100Cl2N17O3+. The molecule has 568 valence electrons. The number of halogens is 2. The molecule has 20 nitrogen and oxygen atoms in total. The quantitative estimate of drug-likeness (QED) is 0.0604. The lowest BCUT2D eigenvalue weighted by atomic mass is 9.64. The fraction of sp³-hybridized carbons (Fsp3) is 0.386. The lowest BCUT2D eigenvalue weighted by Crippen LogP contribution is -2.34. The van der Waals surface area contributed by atoms with Gasteiger partial charge in [-0.05, 0) is 253 Å². The van der Waals surface area contributed by atoms with Gasteiger partial charge in [-0.2, -0.15) is 10.0 Å². The normalized spacial score (nSPS) is 23.1. The summed E-state index contributed by atoms with van der Waals surface area (Å²) >= 11 is 0. The first-order valence-corrected chi connectivity index (χ1v) is 38.8. The van der Waals surface area contributed by atoms with Crippen molar-refractivity contribution in [3.8, 4) is 51.4 Å². The second-order valence-electron chi connectivity index (χ2n) is 31.4. The van der Waals surface area contributed by atoms with Crippen LogP contribution in [0.15, 0.2) is 219 Å². The van der Waals surface area contributed by atoms with Gasteiger partial charge in [0.05, 0.1) is 30.2 Å². The number of H-pyrrole nitrogens is 1. The first kappa shape index (κ1) is 76.6. The number of ether oxygens (including phenoxy) is 3. The number of nitrogens with one attached hydrogen (secondary N) is 1. The lowest BCUT2D eigenvalue weighted by molar-refractivity contribution is 0.299. The Balaban J connectivity index is 0.000000136. The molecule has 19 rings (SSSR count). The first-order valence-electron chi connectivity index (χ1n) is 38.8. The summed E-state index contributed by atoms with van der Waals surface area (Å²) in [7, 11) is 4.12. The maximum absolute atomic E-state index is 6.03. The molecule has 0 radical (unpaired) electrons. The zero-order valence-corrected chi connectivity index (χ0v) is 64.8. The van der Waals surface area contributed by atoms with Gasteiger partial charge in [0.15, 0.2) is 5.82 Å². The van der Waals surface area contributed by atoms with Crippen LogP contribution in [0.3, 0.4) is 0 Å². The Labute approximate surface area is 656 Å². The number of quaternary nitrogens is 1. The summed E-state index contributed by atoms with van der Waals surface area (Å²) in [6.45, 7) is 3.98. The van der Waals surface area contributed by atoms with Crippen molar-refractivity contribution in [2.24, 2.45) is 41.4 Å². The molecule has 7 fully saturated rings. The molecule has 5 unspecified atom stereocenters. The molecule has 6 aromatic carbocycles. The molecule has 0 spiro atoms. The van der Waals surface area contributed by atoms with Crippen molar-refractivity contribution < 1.29 is 14.2 Å². The number of pyridine rings is 3. The first-order chi connectivity index (χ1) is 52.7. The van der Waals surface area contributed by atoms with Crippen LogP contribution in [0.1, 0.15) is 153 Å². The van der Waals surface area contributed by atoms with Crippen LogP contribution in [0.5, 0.6) is 17.2 Å². The molecule has 7 aliphatic carbocycles. The van der Waals surface area contributed by atoms with Crippen LogP contribution >= 0.6 is 24.8 Å². The third-order valence-electron chi connectivity index (χ3n) is 25.0. The minimum atomic E-state index is 0. The average molecular weight is 1510 g/mol. The van der Waals surface area contributed by atoms with E-state index in [4.69, 9.17) is 19.3 Å². The summed E-state index contributed by atoms with van der Waals surface area (Å²) in [5.41, 5.74) is 14.5. The van der Waals surface area contributed by atoms with Crippen molar-refractivity contribution in [1.82, 2.24) is 87.0 Å². The van der Waals surface area contributed by atoms with Gasteiger partial charge in [0.25, 0.3) is 0 Å². The predicted molar refractivity (Wildman–Crippen MR) is 431 cm³/mol. The maximum Gasteiger partial charge on any atom is 0.204 e. The summed E-state index contributed by atoms with van der Waals surface area (Å²) in [5, 5.41) is 40.4. The van der Waals surface area contributed by atoms with Crippen LogP contribution in [-0.2, 0) is 49.2 Å². The third kappa shape index (κ3) is 16.1. The van der Waals surface area contributed by atoms with E-state index in [0.29, 0.717) is 49.3 Å². The van der Waals surface area contributed by atoms with E-state index in [0.717, 1.165) is 100 Å². The van der Waals surface area contributed by atoms with E-state index in [-0.39, 0.29) is 47.2 Å². The number of aromatic nitrogens is 15. The monoisotopic (exact) mass is 1510 g/mol. The second kappa shape index (κ2) is 34.4. The molecule has 110 heavy (non-hydrogen) atoms. The highest BCUT2D eigenvalue weighted by Gasteiger charge is 2.55. The Kier molecular flexibility index (Phi) is 24.0. The molecular weight excluding hydrogens is 1410 g/mol. The van der Waals surface area contributed by atoms with Crippen molar-refractivity contribution in [3.63, 3.8) is 0 Å². The van der Waals surface area contributed by atoms with Gasteiger partial charge in [0.2, 0.25) is 11.6 Å². The van der Waals surface area contributed by atoms with Crippen LogP contribution in [0.4, 0.5) is 0 Å². The standard InChI is InChI=1S/C32H35N5O.C30H34N6O.C26H25N5O.2ClH.H3N/c1-2-6-23(5-1)21-37-35-31(34-36-37)25-9-12-26(13-10-25)32(20-24-8-11-28(32)19-24)27-14-16-30(17-15-27)38-22-29-7-3-4-18-33-29;1-35(2)17-18-36-29(32-33-34-36)23-7-10-24(11-8-23)30(20-22-6-9-26(30)19-22)25-12-14-28(15-13-25)37-21-27-5-3-4-16-31-27;1-2-14-27-23(3-1)17-32-24-12-10-21(11-13-24)26(16-18-4-7-22(26)15-18)20-8-5-19(6-9-20)25-28-30-31-29-25;;;/h3-4,7,9-10,12-18,23-24,28H,1-2,5-6,8,11,19-22H2;3-5,7-8,10-16,22,26H,6,9,17-21H2,1-2H3;1-3,5-6,8-14,18,22H,4,7,15-17H2,(H,28,29,30,31);2*1H;1H3/p+1/t24?,28?,32-;22?,26-,30+;18?,22?,26-;;;/m010.../s1. The van der Waals surface area contributed by atoms with E-state index < -0.39 is 0 Å². The highest BCUT2D eigenvalue weighted by Crippen LogP contribution is 2.63. The van der Waals surface area contributed by atoms with E-state index in [1.54, 1.807) is 23.4 Å². The van der Waals surface area contributed by atoms with E-state index in [1.165, 1.54) is 136 Å². The smallest absolute Gasteiger partial charge is 0.204 e. The van der Waals surface area contributed by atoms with Gasteiger partial charge in [0.1, 0.15) is 37.1 Å². The zero-order valence-electron chi connectivity index (χ0n) is 63.1. The number of hydrogen-bond donors (Lipinski definition) is 2. The van der Waals surface area contributed by atoms with Crippen LogP contribution in [0, 0.1) is 41.4 Å². The van der Waals surface area contributed by atoms with Gasteiger partial charge in [-0.25, -0.2) is 4.68 Å². The number of hydrogen-bond acceptors (Lipinski definition) is 16. The summed E-state index contributed by atoms with van der Waals surface area (Å²) in [6, 6.07) is 70.9. The van der Waals surface area contributed by atoms with Crippen molar-refractivity contribution in [1.29, 1.82) is 0 Å². The SMILES string of the molecule is CN(C)CCn1nnnc1-c1ccc([C@]2(c3ccc(OCc4ccccn4)cc3)CC3CC[C@@H]2C3)cc1.Cl.Cl.[NH4+].c1ccc(COc2ccc([C@@]3(c4ccc(-c5nn[nH]n5)cc4)CC4CCC3C4)cc2)nc1.c1ccc(COc2ccc([C@@]3(c4ccc(-c5nnn(CC6CCCC6)n5)cc4)CC4CCC3C4)cc2)nc1. The second-order valence-corrected chi connectivity index (χ2v) is 31.4. The Morgan fingerprint density at radius 2 is 0.836 bits per heavy atom. The minimum Gasteiger partial charge on any atom is -0.487 e. The van der Waals surface area contributed by atoms with Gasteiger partial charge in [-0.15, -0.1) is 50.3 Å². The predicted octanol–water partition coefficient (Wildman–Crippen LogP) is 17.8. The molecule has 7 saturated carbocycles. The maximum atomic E-state index is 6.03. The fourth-order valence-corrected chi connectivity index (χ4v) is 19.8. The van der Waals surface area contributed by atoms with Crippen molar-refractivity contribution in [2.75, 3.05) is 20.6 Å². The third-order valence-corrected chi connectivity index (χ3v) is 25.0. The largest absolute Gasteiger partial charge is 0.487 e. The Morgan fingerprint density at radius 3 is 1.19 bits per heavy atom. The van der Waals surface area contributed by atoms with Gasteiger partial charge < -0.3 is 25.3 Å². The van der Waals surface area contributed by atoms with E-state index in [9.17, 15) is 0 Å². The number of benzene rings is 6. The van der Waals surface area contributed by atoms with Gasteiger partial charge >= 0.3 is 0 Å². The Bertz CT molecular complexity index is 4850.